The Morgan fingerprint density at radius 2 is 1.93 bits per heavy atom. The molecule has 0 bridgehead atoms. The first-order chi connectivity index (χ1) is 14.0. The lowest BCUT2D eigenvalue weighted by molar-refractivity contribution is 0.0799. The zero-order valence-corrected chi connectivity index (χ0v) is 17.8. The Hall–Kier alpha value is -2.67. The molecule has 5 nitrogen and oxygen atoms in total. The van der Waals surface area contributed by atoms with E-state index in [2.05, 4.69) is 20.9 Å². The summed E-state index contributed by atoms with van der Waals surface area (Å²) in [5.41, 5.74) is 0.767. The minimum atomic E-state index is -0.874. The van der Waals surface area contributed by atoms with Gasteiger partial charge in [0.2, 0.25) is 5.43 Å². The molecule has 0 fully saturated rings. The van der Waals surface area contributed by atoms with Crippen LogP contribution in [0.15, 0.2) is 57.8 Å². The maximum atomic E-state index is 14.9. The van der Waals surface area contributed by atoms with Gasteiger partial charge in [-0.1, -0.05) is 53.2 Å². The number of pyridine rings is 1. The number of rotatable bonds is 6. The van der Waals surface area contributed by atoms with Crippen molar-refractivity contribution in [3.63, 3.8) is 0 Å². The van der Waals surface area contributed by atoms with Gasteiger partial charge in [0.1, 0.15) is 6.61 Å². The third kappa shape index (κ3) is 4.50. The highest BCUT2D eigenvalue weighted by Gasteiger charge is 2.28. The van der Waals surface area contributed by atoms with Crippen molar-refractivity contribution in [3.8, 4) is 0 Å². The number of carbonyl (C=O) groups excluding carboxylic acids is 1. The van der Waals surface area contributed by atoms with E-state index < -0.39 is 23.4 Å². The number of halogens is 2. The largest absolute Gasteiger partial charge is 0.445 e. The van der Waals surface area contributed by atoms with E-state index in [0.29, 0.717) is 18.5 Å². The Morgan fingerprint density at radius 3 is 2.59 bits per heavy atom. The first-order valence-corrected chi connectivity index (χ1v) is 10.2. The molecule has 1 aromatic heterocycles. The number of aromatic nitrogens is 1. The van der Waals surface area contributed by atoms with Gasteiger partial charge in [-0.2, -0.15) is 0 Å². The predicted molar refractivity (Wildman–Crippen MR) is 114 cm³/mol. The molecular weight excluding hydrogens is 439 g/mol. The molecule has 0 aliphatic rings. The van der Waals surface area contributed by atoms with Crippen LogP contribution in [0.2, 0.25) is 0 Å². The molecule has 1 heterocycles. The number of nitrogens with one attached hydrogen (secondary N) is 1. The predicted octanol–water partition coefficient (Wildman–Crippen LogP) is 5.54. The fourth-order valence-corrected chi connectivity index (χ4v) is 3.71. The van der Waals surface area contributed by atoms with Crippen LogP contribution in [0.5, 0.6) is 0 Å². The maximum absolute atomic E-state index is 14.9. The lowest BCUT2D eigenvalue weighted by Gasteiger charge is -2.29. The van der Waals surface area contributed by atoms with Gasteiger partial charge in [-0.25, -0.2) is 9.18 Å². The van der Waals surface area contributed by atoms with Gasteiger partial charge in [-0.05, 0) is 37.1 Å². The number of hydrogen-bond donors (Lipinski definition) is 1. The minimum absolute atomic E-state index is 0.0848. The Labute approximate surface area is 176 Å². The fourth-order valence-electron chi connectivity index (χ4n) is 3.35. The monoisotopic (exact) mass is 460 g/mol. The second-order valence-electron chi connectivity index (χ2n) is 6.62. The highest BCUT2D eigenvalue weighted by atomic mass is 79.9. The van der Waals surface area contributed by atoms with E-state index in [9.17, 15) is 14.0 Å². The number of H-pyrrole nitrogens is 1. The molecule has 3 aromatic rings. The summed E-state index contributed by atoms with van der Waals surface area (Å²) in [6.45, 7) is 4.06. The van der Waals surface area contributed by atoms with Crippen LogP contribution < -0.4 is 5.43 Å². The Balaban J connectivity index is 1.93. The van der Waals surface area contributed by atoms with Crippen LogP contribution in [-0.2, 0) is 11.3 Å². The topological polar surface area (TPSA) is 62.4 Å². The lowest BCUT2D eigenvalue weighted by Crippen LogP contribution is -2.36. The summed E-state index contributed by atoms with van der Waals surface area (Å²) in [7, 11) is 0. The van der Waals surface area contributed by atoms with Crippen LogP contribution in [0.3, 0.4) is 0 Å². The smallest absolute Gasteiger partial charge is 0.410 e. The van der Waals surface area contributed by atoms with Crippen molar-refractivity contribution < 1.29 is 13.9 Å². The van der Waals surface area contributed by atoms with E-state index in [-0.39, 0.29) is 17.7 Å². The van der Waals surface area contributed by atoms with E-state index in [1.54, 1.807) is 25.1 Å². The number of fused-ring (bicyclic) bond motifs is 1. The minimum Gasteiger partial charge on any atom is -0.445 e. The zero-order valence-electron chi connectivity index (χ0n) is 16.2. The summed E-state index contributed by atoms with van der Waals surface area (Å²) in [6.07, 6.45) is -0.140. The first-order valence-electron chi connectivity index (χ1n) is 9.44. The number of carbonyl (C=O) groups is 1. The number of aromatic amines is 1. The van der Waals surface area contributed by atoms with Gasteiger partial charge in [0.05, 0.1) is 17.3 Å². The number of hydrogen-bond acceptors (Lipinski definition) is 3. The molecule has 7 heteroatoms. The summed E-state index contributed by atoms with van der Waals surface area (Å²) >= 11 is 3.36. The summed E-state index contributed by atoms with van der Waals surface area (Å²) in [6, 6.07) is 13.7. The van der Waals surface area contributed by atoms with Gasteiger partial charge in [0.25, 0.3) is 0 Å². The van der Waals surface area contributed by atoms with Crippen LogP contribution in [0.1, 0.15) is 37.6 Å². The Morgan fingerprint density at radius 1 is 1.21 bits per heavy atom. The van der Waals surface area contributed by atoms with Gasteiger partial charge >= 0.3 is 6.09 Å². The van der Waals surface area contributed by atoms with Crippen LogP contribution in [0.4, 0.5) is 9.18 Å². The molecule has 0 radical (unpaired) electrons. The van der Waals surface area contributed by atoms with E-state index in [1.165, 1.54) is 4.90 Å². The zero-order chi connectivity index (χ0) is 21.0. The number of benzene rings is 2. The molecule has 152 valence electrons. The molecule has 2 aromatic carbocycles. The molecule has 0 saturated heterocycles. The Bertz CT molecular complexity index is 1070. The maximum Gasteiger partial charge on any atom is 0.410 e. The van der Waals surface area contributed by atoms with Crippen molar-refractivity contribution in [2.75, 3.05) is 6.54 Å². The van der Waals surface area contributed by atoms with Gasteiger partial charge in [0, 0.05) is 16.4 Å². The van der Waals surface area contributed by atoms with Crippen molar-refractivity contribution in [2.24, 2.45) is 0 Å². The van der Waals surface area contributed by atoms with Crippen LogP contribution >= 0.6 is 15.9 Å². The number of nitrogens with zero attached hydrogens (tertiary/aromatic N) is 1. The highest BCUT2D eigenvalue weighted by molar-refractivity contribution is 9.10. The van der Waals surface area contributed by atoms with E-state index in [1.807, 2.05) is 37.3 Å². The lowest BCUT2D eigenvalue weighted by atomic mass is 10.1. The summed E-state index contributed by atoms with van der Waals surface area (Å²) < 4.78 is 21.1. The van der Waals surface area contributed by atoms with Crippen LogP contribution in [-0.4, -0.2) is 22.5 Å². The molecule has 1 unspecified atom stereocenters. The summed E-state index contributed by atoms with van der Waals surface area (Å²) in [5, 5.41) is 0.263. The molecule has 29 heavy (non-hydrogen) atoms. The Kier molecular flexibility index (Phi) is 6.69. The van der Waals surface area contributed by atoms with Crippen molar-refractivity contribution in [3.05, 3.63) is 80.3 Å². The van der Waals surface area contributed by atoms with Crippen molar-refractivity contribution in [1.29, 1.82) is 0 Å². The van der Waals surface area contributed by atoms with E-state index in [4.69, 9.17) is 4.74 Å². The van der Waals surface area contributed by atoms with E-state index >= 15 is 0 Å². The normalized spacial score (nSPS) is 12.0. The van der Waals surface area contributed by atoms with E-state index in [0.717, 1.165) is 10.0 Å². The molecule has 3 rings (SSSR count). The average Bonchev–Trinajstić information content (AvgIpc) is 2.73. The van der Waals surface area contributed by atoms with Crippen molar-refractivity contribution >= 4 is 32.9 Å². The van der Waals surface area contributed by atoms with Crippen molar-refractivity contribution in [2.45, 2.75) is 32.9 Å². The first kappa shape index (κ1) is 21.0. The summed E-state index contributed by atoms with van der Waals surface area (Å²) in [4.78, 5) is 29.7. The van der Waals surface area contributed by atoms with Gasteiger partial charge < -0.3 is 9.72 Å². The van der Waals surface area contributed by atoms with Crippen LogP contribution in [0.25, 0.3) is 10.9 Å². The second kappa shape index (κ2) is 9.22. The average molecular weight is 461 g/mol. The molecule has 0 saturated carbocycles. The molecule has 1 N–H and O–H groups in total. The second-order valence-corrected chi connectivity index (χ2v) is 7.54. The van der Waals surface area contributed by atoms with Crippen LogP contribution in [0, 0.1) is 5.82 Å². The molecular formula is C22H22BrFN2O3. The molecule has 0 aliphatic heterocycles. The van der Waals surface area contributed by atoms with Gasteiger partial charge in [0.15, 0.2) is 5.82 Å². The number of amides is 1. The standard InChI is InChI=1S/C22H22BrFN2O3/c1-3-18(26(4-2)22(28)29-13-14-8-6-5-7-9-14)20-19(24)21(27)16-11-10-15(23)12-17(16)25-20/h5-12,18H,3-4,13H2,1-2H3,(H,25,27). The SMILES string of the molecule is CCC(c1[nH]c2cc(Br)ccc2c(=O)c1F)N(CC)C(=O)OCc1ccccc1. The van der Waals surface area contributed by atoms with Gasteiger partial charge in [-0.3, -0.25) is 9.69 Å². The molecule has 1 atom stereocenters. The highest BCUT2D eigenvalue weighted by Crippen LogP contribution is 2.27. The third-order valence-corrected chi connectivity index (χ3v) is 5.30. The van der Waals surface area contributed by atoms with Gasteiger partial charge in [-0.15, -0.1) is 0 Å². The van der Waals surface area contributed by atoms with Crippen molar-refractivity contribution in [1.82, 2.24) is 9.88 Å². The third-order valence-electron chi connectivity index (χ3n) is 4.81. The molecule has 0 spiro atoms. The number of ether oxygens (including phenoxy) is 1. The molecule has 0 aliphatic carbocycles. The molecule has 1 amide bonds. The fraction of sp³-hybridized carbons (Fsp3) is 0.273. The quantitative estimate of drug-likeness (QED) is 0.525. The summed E-state index contributed by atoms with van der Waals surface area (Å²) in [5.74, 6) is -0.874.